The highest BCUT2D eigenvalue weighted by molar-refractivity contribution is 5.90. The first-order valence-electron chi connectivity index (χ1n) is 16.9. The van der Waals surface area contributed by atoms with Crippen LogP contribution in [0, 0.1) is 25.6 Å². The van der Waals surface area contributed by atoms with Gasteiger partial charge < -0.3 is 14.7 Å². The number of carbonyl (C=O) groups excluding carboxylic acids is 1. The summed E-state index contributed by atoms with van der Waals surface area (Å²) in [4.78, 5) is 31.3. The first-order valence-corrected chi connectivity index (χ1v) is 16.9. The van der Waals surface area contributed by atoms with Gasteiger partial charge in [0.05, 0.1) is 28.3 Å². The maximum absolute atomic E-state index is 15.4. The lowest BCUT2D eigenvalue weighted by molar-refractivity contribution is -0.130. The van der Waals surface area contributed by atoms with Crippen molar-refractivity contribution >= 4 is 33.4 Å². The predicted molar refractivity (Wildman–Crippen MR) is 175 cm³/mol. The lowest BCUT2D eigenvalue weighted by Crippen LogP contribution is -2.44. The number of ketones is 1. The normalized spacial score (nSPS) is 20.4. The van der Waals surface area contributed by atoms with E-state index in [2.05, 4.69) is 44.1 Å². The molecule has 6 heterocycles. The van der Waals surface area contributed by atoms with Gasteiger partial charge in [0.25, 0.3) is 0 Å². The maximum atomic E-state index is 15.4. The minimum Gasteiger partial charge on any atom is -0.461 e. The van der Waals surface area contributed by atoms with Crippen molar-refractivity contribution < 1.29 is 19.0 Å². The number of rotatable bonds is 11. The number of pyridine rings is 1. The highest BCUT2D eigenvalue weighted by Gasteiger charge is 2.45. The Bertz CT molecular complexity index is 1730. The largest absolute Gasteiger partial charge is 0.461 e. The number of benzene rings is 1. The fraction of sp³-hybridized carbons (Fsp3) is 0.571. The molecule has 2 atom stereocenters. The van der Waals surface area contributed by atoms with E-state index in [1.807, 2.05) is 11.1 Å². The van der Waals surface area contributed by atoms with Gasteiger partial charge in [0, 0.05) is 37.0 Å². The lowest BCUT2D eigenvalue weighted by Gasteiger charge is -2.36. The number of Topliss-reactive ketones (excluding diaryl/α,β-unsaturated/α-hetero) is 1. The topological polar surface area (TPSA) is 120 Å². The summed E-state index contributed by atoms with van der Waals surface area (Å²) >= 11 is 0. The van der Waals surface area contributed by atoms with Gasteiger partial charge in [-0.25, -0.2) is 4.39 Å². The van der Waals surface area contributed by atoms with Gasteiger partial charge in [-0.1, -0.05) is 0 Å². The third-order valence-electron chi connectivity index (χ3n) is 10.6. The fourth-order valence-corrected chi connectivity index (χ4v) is 7.98. The van der Waals surface area contributed by atoms with Gasteiger partial charge in [0.1, 0.15) is 24.0 Å². The molecule has 2 unspecified atom stereocenters. The second kappa shape index (κ2) is 12.8. The molecule has 0 spiro atoms. The molecule has 244 valence electrons. The lowest BCUT2D eigenvalue weighted by atomic mass is 9.88. The Balaban J connectivity index is 1.02. The van der Waals surface area contributed by atoms with Crippen LogP contribution in [0.1, 0.15) is 74.6 Å². The van der Waals surface area contributed by atoms with Gasteiger partial charge in [-0.05, 0) is 108 Å². The summed E-state index contributed by atoms with van der Waals surface area (Å²) in [6.45, 7) is 7.50. The minimum absolute atomic E-state index is 0.0120. The second-order valence-electron chi connectivity index (χ2n) is 13.7. The molecule has 1 aromatic carbocycles. The third-order valence-corrected chi connectivity index (χ3v) is 10.6. The molecule has 3 aromatic heterocycles. The van der Waals surface area contributed by atoms with E-state index >= 15 is 4.39 Å². The molecule has 3 aliphatic heterocycles. The molecule has 11 heteroatoms. The van der Waals surface area contributed by atoms with Gasteiger partial charge in [-0.3, -0.25) is 19.8 Å². The molecule has 0 radical (unpaired) electrons. The molecule has 4 aromatic rings. The molecular weight excluding hydrogens is 585 g/mol. The zero-order valence-electron chi connectivity index (χ0n) is 26.9. The molecule has 3 saturated heterocycles. The summed E-state index contributed by atoms with van der Waals surface area (Å²) in [5.41, 5.74) is 3.98. The Morgan fingerprint density at radius 3 is 2.78 bits per heavy atom. The van der Waals surface area contributed by atoms with Gasteiger partial charge >= 0.3 is 6.01 Å². The summed E-state index contributed by atoms with van der Waals surface area (Å²) in [7, 11) is 0. The van der Waals surface area contributed by atoms with Crippen LogP contribution >= 0.6 is 0 Å². The molecule has 2 N–H and O–H groups in total. The highest BCUT2D eigenvalue weighted by atomic mass is 19.1. The van der Waals surface area contributed by atoms with E-state index in [4.69, 9.17) is 9.72 Å². The molecular formula is C35H44FN7O3. The van der Waals surface area contributed by atoms with Gasteiger partial charge in [0.15, 0.2) is 11.6 Å². The van der Waals surface area contributed by atoms with Crippen LogP contribution in [-0.4, -0.2) is 85.4 Å². The molecule has 0 aliphatic carbocycles. The number of ether oxygens (including phenoxy) is 1. The molecule has 7 rings (SSSR count). The van der Waals surface area contributed by atoms with Crippen molar-refractivity contribution in [2.75, 3.05) is 37.7 Å². The van der Waals surface area contributed by atoms with Crippen molar-refractivity contribution in [1.29, 1.82) is 0 Å². The molecule has 0 amide bonds. The van der Waals surface area contributed by atoms with Gasteiger partial charge in [0.2, 0.25) is 0 Å². The predicted octanol–water partition coefficient (Wildman–Crippen LogP) is 5.22. The first kappa shape index (κ1) is 30.9. The molecule has 10 nitrogen and oxygen atoms in total. The van der Waals surface area contributed by atoms with E-state index in [1.165, 1.54) is 11.1 Å². The number of piperidine rings is 1. The number of carbonyl (C=O) groups is 1. The first-order chi connectivity index (χ1) is 22.3. The van der Waals surface area contributed by atoms with E-state index in [9.17, 15) is 9.90 Å². The van der Waals surface area contributed by atoms with Crippen LogP contribution in [-0.2, 0) is 11.2 Å². The van der Waals surface area contributed by atoms with E-state index in [0.717, 1.165) is 81.8 Å². The summed E-state index contributed by atoms with van der Waals surface area (Å²) in [6.07, 6.45) is 11.2. The van der Waals surface area contributed by atoms with Crippen molar-refractivity contribution in [2.24, 2.45) is 5.92 Å². The SMILES string of the molecule is Cc1cc2[nH]ncc2cc1CCCCC(=O)C(O)C1CCCN(c2nc(OCC34CCCN3CCC4)nc3c(F)c(C)ncc23)C1. The van der Waals surface area contributed by atoms with E-state index in [0.29, 0.717) is 37.3 Å². The van der Waals surface area contributed by atoms with Crippen LogP contribution in [0.15, 0.2) is 24.5 Å². The molecule has 0 bridgehead atoms. The number of nitrogens with one attached hydrogen (secondary N) is 1. The smallest absolute Gasteiger partial charge is 0.319 e. The van der Waals surface area contributed by atoms with Crippen LogP contribution in [0.5, 0.6) is 6.01 Å². The zero-order valence-corrected chi connectivity index (χ0v) is 26.9. The maximum Gasteiger partial charge on any atom is 0.319 e. The summed E-state index contributed by atoms with van der Waals surface area (Å²) in [5.74, 6) is -0.288. The zero-order chi connectivity index (χ0) is 31.8. The fourth-order valence-electron chi connectivity index (χ4n) is 7.98. The van der Waals surface area contributed by atoms with Crippen LogP contribution in [0.3, 0.4) is 0 Å². The van der Waals surface area contributed by atoms with Crippen LogP contribution in [0.25, 0.3) is 21.8 Å². The monoisotopic (exact) mass is 629 g/mol. The average molecular weight is 630 g/mol. The average Bonchev–Trinajstić information content (AvgIpc) is 3.79. The number of nitrogens with zero attached hydrogens (tertiary/aromatic N) is 6. The summed E-state index contributed by atoms with van der Waals surface area (Å²) in [5, 5.41) is 19.9. The molecule has 0 saturated carbocycles. The van der Waals surface area contributed by atoms with E-state index in [-0.39, 0.29) is 34.5 Å². The Kier molecular flexibility index (Phi) is 8.63. The van der Waals surface area contributed by atoms with E-state index < -0.39 is 11.9 Å². The number of aliphatic hydroxyl groups is 1. The number of aromatic amines is 1. The number of unbranched alkanes of at least 4 members (excludes halogenated alkanes) is 1. The number of aliphatic hydroxyl groups excluding tert-OH is 1. The van der Waals surface area contributed by atoms with Crippen molar-refractivity contribution in [3.05, 3.63) is 47.2 Å². The van der Waals surface area contributed by atoms with Crippen molar-refractivity contribution in [3.63, 3.8) is 0 Å². The van der Waals surface area contributed by atoms with Crippen molar-refractivity contribution in [2.45, 2.75) is 89.7 Å². The number of H-pyrrole nitrogens is 1. The number of halogens is 1. The summed E-state index contributed by atoms with van der Waals surface area (Å²) < 4.78 is 21.7. The number of fused-ring (bicyclic) bond motifs is 3. The number of anilines is 1. The number of hydrogen-bond donors (Lipinski definition) is 2. The standard InChI is InChI=1S/C35H44FN7O3/c1-22-16-28-26(18-38-41-28)17-24(22)8-3-4-10-29(44)32(45)25-9-5-13-42(20-25)33-27-19-37-23(2)30(36)31(27)39-34(40-33)46-21-35-11-6-14-43(35)15-7-12-35/h16-19,25,32,45H,3-15,20-21H2,1-2H3,(H,38,41). The van der Waals surface area contributed by atoms with E-state index in [1.54, 1.807) is 13.1 Å². The van der Waals surface area contributed by atoms with Crippen molar-refractivity contribution in [1.82, 2.24) is 30.0 Å². The summed E-state index contributed by atoms with van der Waals surface area (Å²) in [6, 6.07) is 4.44. The molecule has 3 fully saturated rings. The van der Waals surface area contributed by atoms with Crippen LogP contribution in [0.4, 0.5) is 10.2 Å². The Morgan fingerprint density at radius 1 is 1.13 bits per heavy atom. The van der Waals surface area contributed by atoms with Gasteiger partial charge in [-0.15, -0.1) is 0 Å². The number of aryl methyl sites for hydroxylation is 3. The third kappa shape index (κ3) is 5.95. The Hall–Kier alpha value is -3.70. The van der Waals surface area contributed by atoms with Gasteiger partial charge in [-0.2, -0.15) is 15.1 Å². The minimum atomic E-state index is -1.05. The van der Waals surface area contributed by atoms with Crippen molar-refractivity contribution in [3.8, 4) is 6.01 Å². The molecule has 3 aliphatic rings. The highest BCUT2D eigenvalue weighted by Crippen LogP contribution is 2.39. The number of aromatic nitrogens is 5. The number of hydrogen-bond acceptors (Lipinski definition) is 9. The Morgan fingerprint density at radius 2 is 1.96 bits per heavy atom. The molecule has 46 heavy (non-hydrogen) atoms. The second-order valence-corrected chi connectivity index (χ2v) is 13.7. The van der Waals surface area contributed by atoms with Crippen LogP contribution < -0.4 is 9.64 Å². The van der Waals surface area contributed by atoms with Crippen LogP contribution in [0.2, 0.25) is 0 Å². The Labute approximate surface area is 268 Å². The quantitative estimate of drug-likeness (QED) is 0.215.